The van der Waals surface area contributed by atoms with Crippen molar-refractivity contribution in [2.24, 2.45) is 5.73 Å². The van der Waals surface area contributed by atoms with Crippen molar-refractivity contribution in [2.75, 3.05) is 26.2 Å². The highest BCUT2D eigenvalue weighted by molar-refractivity contribution is 5.68. The van der Waals surface area contributed by atoms with Crippen LogP contribution < -0.4 is 11.1 Å². The van der Waals surface area contributed by atoms with E-state index in [1.54, 1.807) is 4.90 Å². The molecule has 28 heavy (non-hydrogen) atoms. The standard InChI is InChI=1S/C21H35N3O4/c1-21(2,3)28-20(26)24(16-13-22)15-10-5-4-9-14-23-19(25)27-17-18-11-7-6-8-12-18/h6-8,11-12H,4-5,9-10,13-17,22H2,1-3H3,(H,23,25). The summed E-state index contributed by atoms with van der Waals surface area (Å²) in [5, 5.41) is 2.75. The number of rotatable bonds is 11. The Kier molecular flexibility index (Phi) is 11.0. The van der Waals surface area contributed by atoms with Gasteiger partial charge in [0.2, 0.25) is 0 Å². The number of nitrogens with zero attached hydrogens (tertiary/aromatic N) is 1. The Morgan fingerprint density at radius 3 is 2.36 bits per heavy atom. The Balaban J connectivity index is 2.10. The van der Waals surface area contributed by atoms with E-state index in [4.69, 9.17) is 15.2 Å². The van der Waals surface area contributed by atoms with Gasteiger partial charge >= 0.3 is 12.2 Å². The van der Waals surface area contributed by atoms with Gasteiger partial charge in [0.1, 0.15) is 12.2 Å². The molecule has 0 spiro atoms. The SMILES string of the molecule is CC(C)(C)OC(=O)N(CCN)CCCCCCNC(=O)OCc1ccccc1. The largest absolute Gasteiger partial charge is 0.445 e. The van der Waals surface area contributed by atoms with E-state index in [1.165, 1.54) is 0 Å². The molecular weight excluding hydrogens is 358 g/mol. The fourth-order valence-corrected chi connectivity index (χ4v) is 2.52. The fraction of sp³-hybridized carbons (Fsp3) is 0.619. The van der Waals surface area contributed by atoms with Crippen molar-refractivity contribution in [1.29, 1.82) is 0 Å². The topological polar surface area (TPSA) is 93.9 Å². The van der Waals surface area contributed by atoms with E-state index in [-0.39, 0.29) is 12.7 Å². The molecule has 0 saturated carbocycles. The van der Waals surface area contributed by atoms with Crippen molar-refractivity contribution >= 4 is 12.2 Å². The molecule has 2 amide bonds. The highest BCUT2D eigenvalue weighted by Crippen LogP contribution is 2.11. The molecule has 0 heterocycles. The average Bonchev–Trinajstić information content (AvgIpc) is 2.64. The minimum atomic E-state index is -0.509. The lowest BCUT2D eigenvalue weighted by molar-refractivity contribution is 0.0252. The number of hydrogen-bond donors (Lipinski definition) is 2. The lowest BCUT2D eigenvalue weighted by Crippen LogP contribution is -2.40. The van der Waals surface area contributed by atoms with Crippen LogP contribution in [0.3, 0.4) is 0 Å². The molecule has 0 aliphatic rings. The van der Waals surface area contributed by atoms with Crippen LogP contribution in [-0.4, -0.2) is 48.9 Å². The molecule has 0 aliphatic carbocycles. The minimum Gasteiger partial charge on any atom is -0.445 e. The maximum Gasteiger partial charge on any atom is 0.410 e. The predicted octanol–water partition coefficient (Wildman–Crippen LogP) is 3.67. The van der Waals surface area contributed by atoms with Crippen LogP contribution >= 0.6 is 0 Å². The molecule has 0 aromatic heterocycles. The summed E-state index contributed by atoms with van der Waals surface area (Å²) in [5.41, 5.74) is 6.04. The molecule has 0 bridgehead atoms. The van der Waals surface area contributed by atoms with E-state index < -0.39 is 11.7 Å². The van der Waals surface area contributed by atoms with E-state index in [9.17, 15) is 9.59 Å². The van der Waals surface area contributed by atoms with Gasteiger partial charge in [0.15, 0.2) is 0 Å². The normalized spacial score (nSPS) is 11.0. The van der Waals surface area contributed by atoms with Crippen molar-refractivity contribution in [3.05, 3.63) is 35.9 Å². The Morgan fingerprint density at radius 1 is 1.04 bits per heavy atom. The Hall–Kier alpha value is -2.28. The van der Waals surface area contributed by atoms with E-state index >= 15 is 0 Å². The van der Waals surface area contributed by atoms with E-state index in [1.807, 2.05) is 51.1 Å². The molecule has 0 unspecified atom stereocenters. The van der Waals surface area contributed by atoms with E-state index in [0.29, 0.717) is 26.2 Å². The molecule has 0 fully saturated rings. The van der Waals surface area contributed by atoms with Crippen molar-refractivity contribution in [1.82, 2.24) is 10.2 Å². The molecule has 158 valence electrons. The van der Waals surface area contributed by atoms with Crippen molar-refractivity contribution in [3.63, 3.8) is 0 Å². The second-order valence-electron chi connectivity index (χ2n) is 7.66. The number of amides is 2. The number of benzene rings is 1. The van der Waals surface area contributed by atoms with Crippen LogP contribution in [0.5, 0.6) is 0 Å². The third-order valence-electron chi connectivity index (χ3n) is 3.89. The van der Waals surface area contributed by atoms with Crippen LogP contribution in [0.1, 0.15) is 52.0 Å². The lowest BCUT2D eigenvalue weighted by atomic mass is 10.2. The lowest BCUT2D eigenvalue weighted by Gasteiger charge is -2.27. The summed E-state index contributed by atoms with van der Waals surface area (Å²) in [6.45, 7) is 7.92. The number of carbonyl (C=O) groups excluding carboxylic acids is 2. The third-order valence-corrected chi connectivity index (χ3v) is 3.89. The van der Waals surface area contributed by atoms with Crippen LogP contribution in [0.4, 0.5) is 9.59 Å². The molecule has 1 rings (SSSR count). The molecular formula is C21H35N3O4. The summed E-state index contributed by atoms with van der Waals surface area (Å²) < 4.78 is 10.6. The van der Waals surface area contributed by atoms with Gasteiger partial charge in [0, 0.05) is 26.2 Å². The molecule has 0 atom stereocenters. The number of alkyl carbamates (subject to hydrolysis) is 1. The maximum absolute atomic E-state index is 12.1. The van der Waals surface area contributed by atoms with Crippen molar-refractivity contribution in [2.45, 2.75) is 58.7 Å². The Morgan fingerprint density at radius 2 is 1.71 bits per heavy atom. The van der Waals surface area contributed by atoms with Crippen molar-refractivity contribution in [3.8, 4) is 0 Å². The maximum atomic E-state index is 12.1. The number of nitrogens with one attached hydrogen (secondary N) is 1. The first-order valence-corrected chi connectivity index (χ1v) is 9.94. The summed E-state index contributed by atoms with van der Waals surface area (Å²) in [4.78, 5) is 25.5. The van der Waals surface area contributed by atoms with E-state index in [2.05, 4.69) is 5.32 Å². The van der Waals surface area contributed by atoms with Gasteiger partial charge in [-0.15, -0.1) is 0 Å². The number of ether oxygens (including phenoxy) is 2. The zero-order valence-corrected chi connectivity index (χ0v) is 17.4. The van der Waals surface area contributed by atoms with E-state index in [0.717, 1.165) is 31.2 Å². The summed E-state index contributed by atoms with van der Waals surface area (Å²) in [7, 11) is 0. The summed E-state index contributed by atoms with van der Waals surface area (Å²) in [6.07, 6.45) is 2.94. The van der Waals surface area contributed by atoms with Gasteiger partial charge in [0.25, 0.3) is 0 Å². The zero-order chi connectivity index (χ0) is 20.8. The predicted molar refractivity (Wildman–Crippen MR) is 110 cm³/mol. The first-order chi connectivity index (χ1) is 13.3. The van der Waals surface area contributed by atoms with Crippen LogP contribution in [0.25, 0.3) is 0 Å². The fourth-order valence-electron chi connectivity index (χ4n) is 2.52. The van der Waals surface area contributed by atoms with Crippen molar-refractivity contribution < 1.29 is 19.1 Å². The van der Waals surface area contributed by atoms with Crippen LogP contribution in [0, 0.1) is 0 Å². The smallest absolute Gasteiger partial charge is 0.410 e. The van der Waals surface area contributed by atoms with Gasteiger partial charge < -0.3 is 25.4 Å². The number of carbonyl (C=O) groups is 2. The minimum absolute atomic E-state index is 0.272. The second kappa shape index (κ2) is 13.0. The van der Waals surface area contributed by atoms with Gasteiger partial charge in [-0.05, 0) is 39.2 Å². The average molecular weight is 394 g/mol. The Labute approximate surface area is 168 Å². The molecule has 7 nitrogen and oxygen atoms in total. The summed E-state index contributed by atoms with van der Waals surface area (Å²) >= 11 is 0. The molecule has 1 aromatic carbocycles. The van der Waals surface area contributed by atoms with Gasteiger partial charge in [0.05, 0.1) is 0 Å². The monoisotopic (exact) mass is 393 g/mol. The van der Waals surface area contributed by atoms with Crippen LogP contribution in [-0.2, 0) is 16.1 Å². The van der Waals surface area contributed by atoms with Crippen LogP contribution in [0.15, 0.2) is 30.3 Å². The zero-order valence-electron chi connectivity index (χ0n) is 17.4. The molecule has 0 saturated heterocycles. The summed E-state index contributed by atoms with van der Waals surface area (Å²) in [5.74, 6) is 0. The highest BCUT2D eigenvalue weighted by atomic mass is 16.6. The molecule has 0 aliphatic heterocycles. The quantitative estimate of drug-likeness (QED) is 0.560. The van der Waals surface area contributed by atoms with Crippen LogP contribution in [0.2, 0.25) is 0 Å². The first kappa shape index (κ1) is 23.8. The number of hydrogen-bond acceptors (Lipinski definition) is 5. The van der Waals surface area contributed by atoms with Gasteiger partial charge in [-0.3, -0.25) is 0 Å². The number of nitrogens with two attached hydrogens (primary N) is 1. The third kappa shape index (κ3) is 11.4. The summed E-state index contributed by atoms with van der Waals surface area (Å²) in [6, 6.07) is 9.57. The Bertz CT molecular complexity index is 573. The number of unbranched alkanes of at least 4 members (excludes halogenated alkanes) is 3. The second-order valence-corrected chi connectivity index (χ2v) is 7.66. The van der Waals surface area contributed by atoms with Gasteiger partial charge in [-0.25, -0.2) is 9.59 Å². The molecule has 0 radical (unpaired) electrons. The molecule has 1 aromatic rings. The highest BCUT2D eigenvalue weighted by Gasteiger charge is 2.21. The molecule has 7 heteroatoms. The molecule has 3 N–H and O–H groups in total. The van der Waals surface area contributed by atoms with Gasteiger partial charge in [-0.2, -0.15) is 0 Å². The first-order valence-electron chi connectivity index (χ1n) is 9.94. The van der Waals surface area contributed by atoms with Gasteiger partial charge in [-0.1, -0.05) is 43.2 Å².